The molecule has 0 saturated carbocycles. The van der Waals surface area contributed by atoms with E-state index >= 15 is 0 Å². The molecule has 0 radical (unpaired) electrons. The molecule has 0 aliphatic carbocycles. The molecule has 2 amide bonds. The molecule has 0 atom stereocenters. The number of hydrogen-bond acceptors (Lipinski definition) is 3. The van der Waals surface area contributed by atoms with Crippen molar-refractivity contribution >= 4 is 17.8 Å². The zero-order valence-corrected chi connectivity index (χ0v) is 17.2. The predicted octanol–water partition coefficient (Wildman–Crippen LogP) is 0.805. The summed E-state index contributed by atoms with van der Waals surface area (Å²) in [7, 11) is 5.79. The SMILES string of the molecule is CN=C(NCc1ccc(C(=O)N2CCNC(=O)C2)cc1)N(C)Cc1cccn1C. The number of nitrogens with one attached hydrogen (secondary N) is 2. The summed E-state index contributed by atoms with van der Waals surface area (Å²) in [5.41, 5.74) is 2.84. The number of amides is 2. The van der Waals surface area contributed by atoms with Crippen LogP contribution >= 0.6 is 0 Å². The number of piperazine rings is 1. The Kier molecular flexibility index (Phi) is 6.54. The van der Waals surface area contributed by atoms with Crippen molar-refractivity contribution in [3.63, 3.8) is 0 Å². The van der Waals surface area contributed by atoms with E-state index in [2.05, 4.69) is 31.2 Å². The van der Waals surface area contributed by atoms with Crippen LogP contribution in [0.5, 0.6) is 0 Å². The van der Waals surface area contributed by atoms with Gasteiger partial charge in [0, 0.05) is 58.2 Å². The number of aryl methyl sites for hydroxylation is 1. The second kappa shape index (κ2) is 9.27. The number of benzene rings is 1. The zero-order valence-electron chi connectivity index (χ0n) is 17.2. The van der Waals surface area contributed by atoms with Gasteiger partial charge in [-0.3, -0.25) is 14.6 Å². The zero-order chi connectivity index (χ0) is 20.8. The van der Waals surface area contributed by atoms with Gasteiger partial charge in [0.15, 0.2) is 5.96 Å². The summed E-state index contributed by atoms with van der Waals surface area (Å²) in [6.45, 7) is 2.51. The molecular weight excluding hydrogens is 368 g/mol. The summed E-state index contributed by atoms with van der Waals surface area (Å²) in [4.78, 5) is 32.0. The summed E-state index contributed by atoms with van der Waals surface area (Å²) in [6.07, 6.45) is 2.03. The molecule has 1 aliphatic rings. The Morgan fingerprint density at radius 3 is 2.66 bits per heavy atom. The number of guanidine groups is 1. The maximum atomic E-state index is 12.5. The summed E-state index contributed by atoms with van der Waals surface area (Å²) < 4.78 is 2.09. The first-order valence-corrected chi connectivity index (χ1v) is 9.65. The Morgan fingerprint density at radius 1 is 1.28 bits per heavy atom. The van der Waals surface area contributed by atoms with E-state index in [4.69, 9.17) is 0 Å². The number of hydrogen-bond donors (Lipinski definition) is 2. The van der Waals surface area contributed by atoms with Crippen LogP contribution in [-0.2, 0) is 24.9 Å². The number of rotatable bonds is 5. The fourth-order valence-corrected chi connectivity index (χ4v) is 3.30. The number of aromatic nitrogens is 1. The fourth-order valence-electron chi connectivity index (χ4n) is 3.30. The molecule has 1 aromatic heterocycles. The van der Waals surface area contributed by atoms with E-state index in [-0.39, 0.29) is 18.4 Å². The molecule has 29 heavy (non-hydrogen) atoms. The third-order valence-corrected chi connectivity index (χ3v) is 5.00. The van der Waals surface area contributed by atoms with Crippen LogP contribution in [0.1, 0.15) is 21.6 Å². The number of carbonyl (C=O) groups excluding carboxylic acids is 2. The van der Waals surface area contributed by atoms with Gasteiger partial charge in [-0.1, -0.05) is 12.1 Å². The summed E-state index contributed by atoms with van der Waals surface area (Å²) in [5, 5.41) is 6.08. The molecule has 154 valence electrons. The highest BCUT2D eigenvalue weighted by molar-refractivity contribution is 5.97. The molecule has 2 aromatic rings. The number of aliphatic imine (C=N–C) groups is 1. The first kappa shape index (κ1) is 20.4. The molecule has 1 aliphatic heterocycles. The van der Waals surface area contributed by atoms with Gasteiger partial charge in [-0.25, -0.2) is 0 Å². The molecule has 2 heterocycles. The third kappa shape index (κ3) is 5.16. The molecular formula is C21H28N6O2. The van der Waals surface area contributed by atoms with Gasteiger partial charge in [0.1, 0.15) is 0 Å². The first-order valence-electron chi connectivity index (χ1n) is 9.65. The molecule has 8 heteroatoms. The second-order valence-corrected chi connectivity index (χ2v) is 7.14. The Morgan fingerprint density at radius 2 is 2.03 bits per heavy atom. The Labute approximate surface area is 171 Å². The lowest BCUT2D eigenvalue weighted by molar-refractivity contribution is -0.123. The molecule has 1 aromatic carbocycles. The molecule has 3 rings (SSSR count). The molecule has 0 unspecified atom stereocenters. The fraction of sp³-hybridized carbons (Fsp3) is 0.381. The van der Waals surface area contributed by atoms with Crippen LogP contribution in [0.25, 0.3) is 0 Å². The van der Waals surface area contributed by atoms with Crippen molar-refractivity contribution in [3.8, 4) is 0 Å². The normalized spacial score (nSPS) is 14.5. The van der Waals surface area contributed by atoms with Crippen LogP contribution in [0.4, 0.5) is 0 Å². The van der Waals surface area contributed by atoms with Crippen molar-refractivity contribution in [1.82, 2.24) is 25.0 Å². The minimum Gasteiger partial charge on any atom is -0.353 e. The highest BCUT2D eigenvalue weighted by Crippen LogP contribution is 2.09. The molecule has 2 N–H and O–H groups in total. The quantitative estimate of drug-likeness (QED) is 0.579. The highest BCUT2D eigenvalue weighted by atomic mass is 16.2. The summed E-state index contributed by atoms with van der Waals surface area (Å²) in [5.74, 6) is 0.569. The largest absolute Gasteiger partial charge is 0.353 e. The highest BCUT2D eigenvalue weighted by Gasteiger charge is 2.22. The number of carbonyl (C=O) groups is 2. The van der Waals surface area contributed by atoms with Crippen molar-refractivity contribution in [2.75, 3.05) is 33.7 Å². The number of nitrogens with zero attached hydrogens (tertiary/aromatic N) is 4. The molecule has 0 spiro atoms. The van der Waals surface area contributed by atoms with E-state index in [0.717, 1.165) is 18.1 Å². The van der Waals surface area contributed by atoms with Crippen molar-refractivity contribution in [2.24, 2.45) is 12.0 Å². The van der Waals surface area contributed by atoms with Gasteiger partial charge in [0.2, 0.25) is 5.91 Å². The minimum atomic E-state index is -0.115. The van der Waals surface area contributed by atoms with E-state index in [1.54, 1.807) is 11.9 Å². The standard InChI is InChI=1S/C21H28N6O2/c1-22-21(26(3)14-18-5-4-11-25(18)2)24-13-16-6-8-17(9-7-16)20(29)27-12-10-23-19(28)15-27/h4-9,11H,10,12-15H2,1-3H3,(H,22,24)(H,23,28). The monoisotopic (exact) mass is 396 g/mol. The third-order valence-electron chi connectivity index (χ3n) is 5.00. The van der Waals surface area contributed by atoms with E-state index in [9.17, 15) is 9.59 Å². The predicted molar refractivity (Wildman–Crippen MR) is 112 cm³/mol. The molecule has 8 nitrogen and oxygen atoms in total. The van der Waals surface area contributed by atoms with E-state index in [0.29, 0.717) is 25.2 Å². The van der Waals surface area contributed by atoms with Crippen LogP contribution < -0.4 is 10.6 Å². The molecule has 1 saturated heterocycles. The minimum absolute atomic E-state index is 0.113. The second-order valence-electron chi connectivity index (χ2n) is 7.14. The van der Waals surface area contributed by atoms with Crippen molar-refractivity contribution in [3.05, 3.63) is 59.4 Å². The van der Waals surface area contributed by atoms with Gasteiger partial charge in [0.05, 0.1) is 13.1 Å². The smallest absolute Gasteiger partial charge is 0.254 e. The maximum Gasteiger partial charge on any atom is 0.254 e. The Bertz CT molecular complexity index is 887. The van der Waals surface area contributed by atoms with Crippen LogP contribution in [0.15, 0.2) is 47.6 Å². The lowest BCUT2D eigenvalue weighted by Gasteiger charge is -2.26. The van der Waals surface area contributed by atoms with E-state index in [1.165, 1.54) is 5.69 Å². The summed E-state index contributed by atoms with van der Waals surface area (Å²) >= 11 is 0. The summed E-state index contributed by atoms with van der Waals surface area (Å²) in [6, 6.07) is 11.6. The first-order chi connectivity index (χ1) is 14.0. The van der Waals surface area contributed by atoms with Crippen molar-refractivity contribution in [2.45, 2.75) is 13.1 Å². The van der Waals surface area contributed by atoms with Crippen molar-refractivity contribution in [1.29, 1.82) is 0 Å². The molecule has 0 bridgehead atoms. The average molecular weight is 396 g/mol. The van der Waals surface area contributed by atoms with Gasteiger partial charge in [0.25, 0.3) is 5.91 Å². The van der Waals surface area contributed by atoms with Crippen LogP contribution in [0.3, 0.4) is 0 Å². The topological polar surface area (TPSA) is 82.0 Å². The van der Waals surface area contributed by atoms with Crippen molar-refractivity contribution < 1.29 is 9.59 Å². The Hall–Kier alpha value is -3.29. The van der Waals surface area contributed by atoms with Gasteiger partial charge in [-0.2, -0.15) is 0 Å². The van der Waals surface area contributed by atoms with Gasteiger partial charge < -0.3 is 25.0 Å². The van der Waals surface area contributed by atoms with E-state index in [1.807, 2.05) is 50.6 Å². The molecule has 1 fully saturated rings. The van der Waals surface area contributed by atoms with Crippen LogP contribution in [0.2, 0.25) is 0 Å². The lowest BCUT2D eigenvalue weighted by atomic mass is 10.1. The lowest BCUT2D eigenvalue weighted by Crippen LogP contribution is -2.49. The van der Waals surface area contributed by atoms with E-state index < -0.39 is 0 Å². The maximum absolute atomic E-state index is 12.5. The van der Waals surface area contributed by atoms with Crippen LogP contribution in [-0.4, -0.2) is 65.9 Å². The van der Waals surface area contributed by atoms with Gasteiger partial charge >= 0.3 is 0 Å². The van der Waals surface area contributed by atoms with Gasteiger partial charge in [-0.15, -0.1) is 0 Å². The Balaban J connectivity index is 1.55. The average Bonchev–Trinajstić information content (AvgIpc) is 3.13. The van der Waals surface area contributed by atoms with Gasteiger partial charge in [-0.05, 0) is 29.8 Å². The van der Waals surface area contributed by atoms with Crippen LogP contribution in [0, 0.1) is 0 Å².